The van der Waals surface area contributed by atoms with Gasteiger partial charge in [-0.05, 0) is 57.3 Å². The molecule has 2 aliphatic rings. The van der Waals surface area contributed by atoms with E-state index in [0.29, 0.717) is 24.4 Å². The third-order valence-corrected chi connectivity index (χ3v) is 4.79. The van der Waals surface area contributed by atoms with Gasteiger partial charge in [0.2, 0.25) is 5.91 Å². The van der Waals surface area contributed by atoms with Crippen LogP contribution in [0, 0.1) is 23.2 Å². The summed E-state index contributed by atoms with van der Waals surface area (Å²) in [6.07, 6.45) is 6.51. The molecule has 1 N–H and O–H groups in total. The number of carbonyl (C=O) groups excluding carboxylic acids is 1. The van der Waals surface area contributed by atoms with E-state index in [2.05, 4.69) is 18.3 Å². The lowest BCUT2D eigenvalue weighted by Gasteiger charge is -2.37. The smallest absolute Gasteiger partial charge is 0.221 e. The summed E-state index contributed by atoms with van der Waals surface area (Å²) in [6.45, 7) is 4.96. The van der Waals surface area contributed by atoms with Gasteiger partial charge in [0.1, 0.15) is 5.54 Å². The minimum Gasteiger partial charge on any atom is -0.378 e. The molecule has 0 unspecified atom stereocenters. The molecule has 0 aliphatic heterocycles. The Labute approximate surface area is 121 Å². The minimum atomic E-state index is -0.605. The molecular weight excluding hydrogens is 252 g/mol. The van der Waals surface area contributed by atoms with E-state index >= 15 is 0 Å². The third kappa shape index (κ3) is 3.73. The molecule has 0 bridgehead atoms. The van der Waals surface area contributed by atoms with Gasteiger partial charge in [-0.25, -0.2) is 0 Å². The molecule has 2 fully saturated rings. The second-order valence-electron chi connectivity index (χ2n) is 6.54. The number of hydrogen-bond acceptors (Lipinski definition) is 3. The standard InChI is InChI=1S/C16H26N2O2/c1-3-20-14-8-13(9-14)10-15(19)18-16(11-17)6-4-12(2)5-7-16/h12-14H,3-10H2,1-2H3,(H,18,19). The summed E-state index contributed by atoms with van der Waals surface area (Å²) in [6, 6.07) is 2.35. The molecule has 0 saturated heterocycles. The van der Waals surface area contributed by atoms with E-state index in [1.54, 1.807) is 0 Å². The first-order chi connectivity index (χ1) is 9.57. The fraction of sp³-hybridized carbons (Fsp3) is 0.875. The molecule has 0 spiro atoms. The number of nitrogens with zero attached hydrogens (tertiary/aromatic N) is 1. The topological polar surface area (TPSA) is 62.1 Å². The van der Waals surface area contributed by atoms with Gasteiger partial charge < -0.3 is 10.1 Å². The predicted molar refractivity (Wildman–Crippen MR) is 76.9 cm³/mol. The summed E-state index contributed by atoms with van der Waals surface area (Å²) in [4.78, 5) is 12.1. The van der Waals surface area contributed by atoms with Gasteiger partial charge in [0.25, 0.3) is 0 Å². The summed E-state index contributed by atoms with van der Waals surface area (Å²) < 4.78 is 5.51. The summed E-state index contributed by atoms with van der Waals surface area (Å²) in [5.41, 5.74) is -0.605. The van der Waals surface area contributed by atoms with Crippen LogP contribution < -0.4 is 5.32 Å². The molecule has 0 atom stereocenters. The number of hydrogen-bond donors (Lipinski definition) is 1. The molecule has 4 heteroatoms. The van der Waals surface area contributed by atoms with E-state index in [4.69, 9.17) is 4.74 Å². The van der Waals surface area contributed by atoms with Gasteiger partial charge in [-0.1, -0.05) is 6.92 Å². The van der Waals surface area contributed by atoms with Crippen LogP contribution in [0.3, 0.4) is 0 Å². The van der Waals surface area contributed by atoms with E-state index in [1.165, 1.54) is 0 Å². The van der Waals surface area contributed by atoms with Crippen LogP contribution in [0.1, 0.15) is 58.8 Å². The highest BCUT2D eigenvalue weighted by molar-refractivity contribution is 5.77. The average molecular weight is 278 g/mol. The van der Waals surface area contributed by atoms with Crippen molar-refractivity contribution in [3.05, 3.63) is 0 Å². The molecule has 2 saturated carbocycles. The number of nitrogens with one attached hydrogen (secondary N) is 1. The molecule has 4 nitrogen and oxygen atoms in total. The summed E-state index contributed by atoms with van der Waals surface area (Å²) in [7, 11) is 0. The van der Waals surface area contributed by atoms with Crippen LogP contribution in [-0.4, -0.2) is 24.2 Å². The Kier molecular flexibility index (Phi) is 5.04. The summed E-state index contributed by atoms with van der Waals surface area (Å²) in [5.74, 6) is 1.15. The average Bonchev–Trinajstić information content (AvgIpc) is 2.39. The second-order valence-corrected chi connectivity index (χ2v) is 6.54. The zero-order chi connectivity index (χ0) is 14.6. The van der Waals surface area contributed by atoms with Gasteiger partial charge in [-0.3, -0.25) is 4.79 Å². The van der Waals surface area contributed by atoms with Crippen molar-refractivity contribution in [1.82, 2.24) is 5.32 Å². The maximum atomic E-state index is 12.1. The van der Waals surface area contributed by atoms with Crippen molar-refractivity contribution in [3.63, 3.8) is 0 Å². The van der Waals surface area contributed by atoms with E-state index < -0.39 is 5.54 Å². The number of rotatable bonds is 5. The molecule has 0 aromatic heterocycles. The van der Waals surface area contributed by atoms with Crippen molar-refractivity contribution in [2.24, 2.45) is 11.8 Å². The molecular formula is C16H26N2O2. The lowest BCUT2D eigenvalue weighted by Crippen LogP contribution is -2.50. The number of ether oxygens (including phenoxy) is 1. The zero-order valence-electron chi connectivity index (χ0n) is 12.7. The Morgan fingerprint density at radius 1 is 1.40 bits per heavy atom. The molecule has 2 rings (SSSR count). The van der Waals surface area contributed by atoms with E-state index in [1.807, 2.05) is 6.92 Å². The normalized spacial score (nSPS) is 36.8. The molecule has 0 heterocycles. The fourth-order valence-electron chi connectivity index (χ4n) is 3.31. The maximum absolute atomic E-state index is 12.1. The lowest BCUT2D eigenvalue weighted by atomic mass is 9.77. The third-order valence-electron chi connectivity index (χ3n) is 4.79. The molecule has 1 amide bonds. The Morgan fingerprint density at radius 3 is 2.60 bits per heavy atom. The van der Waals surface area contributed by atoms with Gasteiger partial charge in [-0.2, -0.15) is 5.26 Å². The highest BCUT2D eigenvalue weighted by Gasteiger charge is 2.37. The van der Waals surface area contributed by atoms with Crippen LogP contribution >= 0.6 is 0 Å². The van der Waals surface area contributed by atoms with Gasteiger partial charge in [-0.15, -0.1) is 0 Å². The summed E-state index contributed by atoms with van der Waals surface area (Å²) in [5, 5.41) is 12.4. The minimum absolute atomic E-state index is 0.0426. The molecule has 0 radical (unpaired) electrons. The molecule has 112 valence electrons. The Balaban J connectivity index is 1.75. The first-order valence-electron chi connectivity index (χ1n) is 7.90. The number of carbonyl (C=O) groups is 1. The molecule has 2 aliphatic carbocycles. The predicted octanol–water partition coefficient (Wildman–Crippen LogP) is 2.78. The van der Waals surface area contributed by atoms with Crippen LogP contribution in [0.25, 0.3) is 0 Å². The van der Waals surface area contributed by atoms with Crippen molar-refractivity contribution in [2.75, 3.05) is 6.61 Å². The van der Waals surface area contributed by atoms with Crippen LogP contribution in [0.4, 0.5) is 0 Å². The number of amides is 1. The first kappa shape index (κ1) is 15.3. The van der Waals surface area contributed by atoms with Crippen molar-refractivity contribution in [3.8, 4) is 6.07 Å². The van der Waals surface area contributed by atoms with Crippen LogP contribution in [-0.2, 0) is 9.53 Å². The van der Waals surface area contributed by atoms with Crippen molar-refractivity contribution >= 4 is 5.91 Å². The zero-order valence-corrected chi connectivity index (χ0v) is 12.7. The lowest BCUT2D eigenvalue weighted by molar-refractivity contribution is -0.126. The van der Waals surface area contributed by atoms with Crippen LogP contribution in [0.5, 0.6) is 0 Å². The number of nitriles is 1. The highest BCUT2D eigenvalue weighted by Crippen LogP contribution is 2.34. The summed E-state index contributed by atoms with van der Waals surface area (Å²) >= 11 is 0. The van der Waals surface area contributed by atoms with Crippen molar-refractivity contribution < 1.29 is 9.53 Å². The Bertz CT molecular complexity index is 374. The van der Waals surface area contributed by atoms with Crippen LogP contribution in [0.15, 0.2) is 0 Å². The van der Waals surface area contributed by atoms with Crippen molar-refractivity contribution in [2.45, 2.75) is 70.4 Å². The van der Waals surface area contributed by atoms with Gasteiger partial charge >= 0.3 is 0 Å². The van der Waals surface area contributed by atoms with Gasteiger partial charge in [0, 0.05) is 13.0 Å². The maximum Gasteiger partial charge on any atom is 0.221 e. The van der Waals surface area contributed by atoms with E-state index in [9.17, 15) is 10.1 Å². The van der Waals surface area contributed by atoms with Gasteiger partial charge in [0.15, 0.2) is 0 Å². The highest BCUT2D eigenvalue weighted by atomic mass is 16.5. The quantitative estimate of drug-likeness (QED) is 0.841. The Hall–Kier alpha value is -1.08. The molecule has 20 heavy (non-hydrogen) atoms. The van der Waals surface area contributed by atoms with Crippen LogP contribution in [0.2, 0.25) is 0 Å². The molecule has 0 aromatic rings. The Morgan fingerprint density at radius 2 is 2.05 bits per heavy atom. The van der Waals surface area contributed by atoms with Gasteiger partial charge in [0.05, 0.1) is 12.2 Å². The van der Waals surface area contributed by atoms with E-state index in [-0.39, 0.29) is 5.91 Å². The largest absolute Gasteiger partial charge is 0.378 e. The monoisotopic (exact) mass is 278 g/mol. The van der Waals surface area contributed by atoms with Crippen molar-refractivity contribution in [1.29, 1.82) is 5.26 Å². The van der Waals surface area contributed by atoms with E-state index in [0.717, 1.165) is 45.1 Å². The molecule has 0 aromatic carbocycles. The fourth-order valence-corrected chi connectivity index (χ4v) is 3.31. The SMILES string of the molecule is CCOC1CC(CC(=O)NC2(C#N)CCC(C)CC2)C1. The second kappa shape index (κ2) is 6.58. The first-order valence-corrected chi connectivity index (χ1v) is 7.90.